The predicted molar refractivity (Wildman–Crippen MR) is 43.0 cm³/mol. The van der Waals surface area contributed by atoms with Gasteiger partial charge < -0.3 is 5.32 Å². The van der Waals surface area contributed by atoms with Gasteiger partial charge in [-0.1, -0.05) is 20.3 Å². The maximum absolute atomic E-state index is 10.9. The molecule has 0 saturated carbocycles. The molecule has 0 rings (SSSR count). The number of hydrogen-bond donors (Lipinski definition) is 1. The van der Waals surface area contributed by atoms with Crippen LogP contribution in [0.2, 0.25) is 0 Å². The van der Waals surface area contributed by atoms with E-state index in [4.69, 9.17) is 0 Å². The quantitative estimate of drug-likeness (QED) is 0.641. The number of Topliss-reactive ketones (excluding diaryl/α,β-unsaturated/α-hetero) is 1. The summed E-state index contributed by atoms with van der Waals surface area (Å²) >= 11 is 0. The number of hydrogen-bond acceptors (Lipinski definition) is 2. The summed E-state index contributed by atoms with van der Waals surface area (Å²) in [5, 5.41) is 3.00. The molecule has 0 aromatic carbocycles. The number of likely N-dealkylation sites (N-methyl/N-ethyl adjacent to an activating group) is 1. The van der Waals surface area contributed by atoms with Crippen LogP contribution in [0.4, 0.5) is 0 Å². The fraction of sp³-hybridized carbons (Fsp3) is 0.875. The number of ketones is 1. The Morgan fingerprint density at radius 3 is 2.20 bits per heavy atom. The molecule has 10 heavy (non-hydrogen) atoms. The lowest BCUT2D eigenvalue weighted by atomic mass is 9.96. The van der Waals surface area contributed by atoms with Crippen LogP contribution in [0.15, 0.2) is 0 Å². The van der Waals surface area contributed by atoms with Gasteiger partial charge in [0.2, 0.25) is 0 Å². The van der Waals surface area contributed by atoms with Gasteiger partial charge in [-0.15, -0.1) is 0 Å². The molecule has 0 bridgehead atoms. The molecule has 0 aromatic rings. The maximum Gasteiger partial charge on any atom is 0.146 e. The van der Waals surface area contributed by atoms with Gasteiger partial charge in [0, 0.05) is 0 Å². The van der Waals surface area contributed by atoms with E-state index in [1.165, 1.54) is 0 Å². The van der Waals surface area contributed by atoms with Gasteiger partial charge in [-0.3, -0.25) is 4.79 Å². The monoisotopic (exact) mass is 143 g/mol. The standard InChI is InChI=1S/C8H17NO/c1-5-6(2)8(9-4)7(3)10/h6,8-9H,5H2,1-4H3/t6-,8+/m1/s1. The van der Waals surface area contributed by atoms with Gasteiger partial charge in [0.1, 0.15) is 5.78 Å². The van der Waals surface area contributed by atoms with Crippen molar-refractivity contribution in [3.63, 3.8) is 0 Å². The minimum atomic E-state index is 0.0463. The highest BCUT2D eigenvalue weighted by Crippen LogP contribution is 2.07. The molecule has 0 saturated heterocycles. The lowest BCUT2D eigenvalue weighted by molar-refractivity contribution is -0.119. The van der Waals surface area contributed by atoms with Crippen molar-refractivity contribution in [2.75, 3.05) is 7.05 Å². The lowest BCUT2D eigenvalue weighted by Crippen LogP contribution is -2.37. The molecule has 0 radical (unpaired) electrons. The van der Waals surface area contributed by atoms with Crippen LogP contribution in [-0.2, 0) is 4.79 Å². The van der Waals surface area contributed by atoms with Crippen molar-refractivity contribution < 1.29 is 4.79 Å². The molecule has 2 heteroatoms. The Hall–Kier alpha value is -0.370. The van der Waals surface area contributed by atoms with E-state index in [0.717, 1.165) is 6.42 Å². The van der Waals surface area contributed by atoms with E-state index in [1.54, 1.807) is 6.92 Å². The molecule has 0 fully saturated rings. The van der Waals surface area contributed by atoms with Gasteiger partial charge in [0.15, 0.2) is 0 Å². The first kappa shape index (κ1) is 9.63. The highest BCUT2D eigenvalue weighted by Gasteiger charge is 2.17. The van der Waals surface area contributed by atoms with Crippen molar-refractivity contribution in [2.45, 2.75) is 33.2 Å². The van der Waals surface area contributed by atoms with E-state index >= 15 is 0 Å². The largest absolute Gasteiger partial charge is 0.310 e. The second-order valence-corrected chi connectivity index (χ2v) is 2.76. The van der Waals surface area contributed by atoms with Gasteiger partial charge in [-0.25, -0.2) is 0 Å². The van der Waals surface area contributed by atoms with Crippen LogP contribution >= 0.6 is 0 Å². The molecular formula is C8H17NO. The average Bonchev–Trinajstić information content (AvgIpc) is 1.88. The zero-order valence-electron chi connectivity index (χ0n) is 7.27. The summed E-state index contributed by atoms with van der Waals surface area (Å²) in [6, 6.07) is 0.0463. The SMILES string of the molecule is CC[C@@H](C)[C@H](NC)C(C)=O. The third-order valence-electron chi connectivity index (χ3n) is 1.96. The van der Waals surface area contributed by atoms with Crippen molar-refractivity contribution in [3.8, 4) is 0 Å². The van der Waals surface area contributed by atoms with E-state index in [0.29, 0.717) is 5.92 Å². The van der Waals surface area contributed by atoms with Crippen LogP contribution in [0.1, 0.15) is 27.2 Å². The number of nitrogens with one attached hydrogen (secondary N) is 1. The van der Waals surface area contributed by atoms with Gasteiger partial charge in [0.05, 0.1) is 6.04 Å². The first-order valence-electron chi connectivity index (χ1n) is 3.81. The molecule has 0 aromatic heterocycles. The summed E-state index contributed by atoms with van der Waals surface area (Å²) in [5.41, 5.74) is 0. The Morgan fingerprint density at radius 2 is 2.10 bits per heavy atom. The first-order chi connectivity index (χ1) is 4.63. The Labute approximate surface area is 63.0 Å². The van der Waals surface area contributed by atoms with Crippen LogP contribution in [-0.4, -0.2) is 18.9 Å². The molecule has 0 aliphatic heterocycles. The minimum absolute atomic E-state index is 0.0463. The minimum Gasteiger partial charge on any atom is -0.310 e. The Balaban J connectivity index is 3.92. The van der Waals surface area contributed by atoms with Crippen LogP contribution in [0.25, 0.3) is 0 Å². The van der Waals surface area contributed by atoms with Gasteiger partial charge in [-0.2, -0.15) is 0 Å². The van der Waals surface area contributed by atoms with Crippen molar-refractivity contribution >= 4 is 5.78 Å². The van der Waals surface area contributed by atoms with Crippen LogP contribution in [0, 0.1) is 5.92 Å². The molecule has 60 valence electrons. The molecule has 0 heterocycles. The fourth-order valence-electron chi connectivity index (χ4n) is 1.12. The third-order valence-corrected chi connectivity index (χ3v) is 1.96. The van der Waals surface area contributed by atoms with Gasteiger partial charge in [-0.05, 0) is 19.9 Å². The summed E-state index contributed by atoms with van der Waals surface area (Å²) in [6.45, 7) is 5.81. The summed E-state index contributed by atoms with van der Waals surface area (Å²) in [4.78, 5) is 10.9. The summed E-state index contributed by atoms with van der Waals surface area (Å²) in [6.07, 6.45) is 1.05. The Kier molecular flexibility index (Phi) is 4.28. The number of carbonyl (C=O) groups is 1. The van der Waals surface area contributed by atoms with E-state index in [1.807, 2.05) is 7.05 Å². The summed E-state index contributed by atoms with van der Waals surface area (Å²) in [7, 11) is 1.83. The third kappa shape index (κ3) is 2.48. The molecule has 1 N–H and O–H groups in total. The zero-order valence-corrected chi connectivity index (χ0v) is 7.27. The highest BCUT2D eigenvalue weighted by molar-refractivity contribution is 5.81. The van der Waals surface area contributed by atoms with Crippen LogP contribution < -0.4 is 5.32 Å². The molecule has 0 aliphatic rings. The molecule has 0 aliphatic carbocycles. The molecule has 2 nitrogen and oxygen atoms in total. The zero-order chi connectivity index (χ0) is 8.15. The second kappa shape index (κ2) is 4.45. The smallest absolute Gasteiger partial charge is 0.146 e. The first-order valence-corrected chi connectivity index (χ1v) is 3.81. The highest BCUT2D eigenvalue weighted by atomic mass is 16.1. The van der Waals surface area contributed by atoms with Crippen molar-refractivity contribution in [1.82, 2.24) is 5.32 Å². The summed E-state index contributed by atoms with van der Waals surface area (Å²) < 4.78 is 0. The summed E-state index contributed by atoms with van der Waals surface area (Å²) in [5.74, 6) is 0.680. The van der Waals surface area contributed by atoms with Crippen molar-refractivity contribution in [3.05, 3.63) is 0 Å². The van der Waals surface area contributed by atoms with Gasteiger partial charge in [0.25, 0.3) is 0 Å². The molecule has 0 amide bonds. The molecule has 0 unspecified atom stereocenters. The van der Waals surface area contributed by atoms with Crippen LogP contribution in [0.5, 0.6) is 0 Å². The molecule has 0 spiro atoms. The van der Waals surface area contributed by atoms with Gasteiger partial charge >= 0.3 is 0 Å². The fourth-order valence-corrected chi connectivity index (χ4v) is 1.12. The normalized spacial score (nSPS) is 16.4. The topological polar surface area (TPSA) is 29.1 Å². The van der Waals surface area contributed by atoms with E-state index in [2.05, 4.69) is 19.2 Å². The molecule has 2 atom stereocenters. The average molecular weight is 143 g/mol. The number of carbonyl (C=O) groups excluding carboxylic acids is 1. The number of rotatable bonds is 4. The maximum atomic E-state index is 10.9. The Morgan fingerprint density at radius 1 is 1.60 bits per heavy atom. The lowest BCUT2D eigenvalue weighted by Gasteiger charge is -2.18. The van der Waals surface area contributed by atoms with Crippen LogP contribution in [0.3, 0.4) is 0 Å². The van der Waals surface area contributed by atoms with E-state index in [9.17, 15) is 4.79 Å². The second-order valence-electron chi connectivity index (χ2n) is 2.76. The van der Waals surface area contributed by atoms with Crippen molar-refractivity contribution in [2.24, 2.45) is 5.92 Å². The van der Waals surface area contributed by atoms with E-state index < -0.39 is 0 Å². The predicted octanol–water partition coefficient (Wildman–Crippen LogP) is 1.21. The Bertz CT molecular complexity index is 112. The van der Waals surface area contributed by atoms with Crippen molar-refractivity contribution in [1.29, 1.82) is 0 Å². The van der Waals surface area contributed by atoms with E-state index in [-0.39, 0.29) is 11.8 Å². The molecular weight excluding hydrogens is 126 g/mol.